The second-order valence-electron chi connectivity index (χ2n) is 8.41. The predicted octanol–water partition coefficient (Wildman–Crippen LogP) is 4.11. The fourth-order valence-corrected chi connectivity index (χ4v) is 5.16. The Kier molecular flexibility index (Phi) is 4.87. The molecule has 0 spiro atoms. The number of hydrogen-bond acceptors (Lipinski definition) is 4. The molecule has 5 heteroatoms. The number of nitrogens with one attached hydrogen (secondary N) is 1. The Balaban J connectivity index is 1.50. The molecule has 1 saturated carbocycles. The van der Waals surface area contributed by atoms with Gasteiger partial charge in [-0.05, 0) is 62.3 Å². The number of nitrogens with two attached hydrogens (primary N) is 1. The van der Waals surface area contributed by atoms with Crippen molar-refractivity contribution < 1.29 is 0 Å². The molecule has 2 aliphatic carbocycles. The van der Waals surface area contributed by atoms with Crippen molar-refractivity contribution in [2.24, 2.45) is 5.73 Å². The van der Waals surface area contributed by atoms with Crippen molar-refractivity contribution in [3.8, 4) is 0 Å². The molecule has 3 N–H and O–H groups in total. The van der Waals surface area contributed by atoms with Crippen LogP contribution < -0.4 is 5.73 Å². The molecule has 28 heavy (non-hydrogen) atoms. The molecule has 3 unspecified atom stereocenters. The number of aromatic nitrogens is 3. The van der Waals surface area contributed by atoms with E-state index in [1.165, 1.54) is 30.5 Å². The van der Waals surface area contributed by atoms with Crippen molar-refractivity contribution in [3.63, 3.8) is 0 Å². The number of fused-ring (bicyclic) bond motifs is 2. The summed E-state index contributed by atoms with van der Waals surface area (Å²) in [6, 6.07) is 13.8. The third-order valence-electron chi connectivity index (χ3n) is 6.49. The molecule has 5 rings (SSSR count). The molecule has 146 valence electrons. The second kappa shape index (κ2) is 7.64. The van der Waals surface area contributed by atoms with Crippen LogP contribution in [0.3, 0.4) is 0 Å². The van der Waals surface area contributed by atoms with E-state index in [0.717, 1.165) is 49.1 Å². The van der Waals surface area contributed by atoms with E-state index >= 15 is 0 Å². The second-order valence-corrected chi connectivity index (χ2v) is 8.41. The van der Waals surface area contributed by atoms with Gasteiger partial charge in [-0.25, -0.2) is 4.98 Å². The normalized spacial score (nSPS) is 25.1. The van der Waals surface area contributed by atoms with Crippen LogP contribution in [-0.2, 0) is 13.0 Å². The van der Waals surface area contributed by atoms with Crippen molar-refractivity contribution in [1.29, 1.82) is 0 Å². The van der Waals surface area contributed by atoms with Crippen molar-refractivity contribution in [3.05, 3.63) is 59.7 Å². The number of aryl methyl sites for hydroxylation is 1. The Morgan fingerprint density at radius 3 is 2.89 bits per heavy atom. The van der Waals surface area contributed by atoms with Crippen LogP contribution in [-0.4, -0.2) is 31.9 Å². The summed E-state index contributed by atoms with van der Waals surface area (Å²) >= 11 is 0. The maximum atomic E-state index is 6.38. The third-order valence-corrected chi connectivity index (χ3v) is 6.49. The van der Waals surface area contributed by atoms with Gasteiger partial charge in [-0.15, -0.1) is 0 Å². The van der Waals surface area contributed by atoms with Crippen LogP contribution in [0.4, 0.5) is 0 Å². The largest absolute Gasteiger partial charge is 0.341 e. The van der Waals surface area contributed by atoms with Gasteiger partial charge in [0.25, 0.3) is 0 Å². The SMILES string of the molecule is NC1CCCC(N(Cc2nc3ccccc3[nH]2)C2CCCc3cccnc32)C1. The summed E-state index contributed by atoms with van der Waals surface area (Å²) < 4.78 is 0. The molecule has 3 aromatic rings. The van der Waals surface area contributed by atoms with Gasteiger partial charge >= 0.3 is 0 Å². The summed E-state index contributed by atoms with van der Waals surface area (Å²) in [6.07, 6.45) is 10.1. The van der Waals surface area contributed by atoms with Gasteiger partial charge in [0.2, 0.25) is 0 Å². The fraction of sp³-hybridized carbons (Fsp3) is 0.478. The summed E-state index contributed by atoms with van der Waals surface area (Å²) in [7, 11) is 0. The third kappa shape index (κ3) is 3.45. The van der Waals surface area contributed by atoms with E-state index in [4.69, 9.17) is 15.7 Å². The van der Waals surface area contributed by atoms with Crippen LogP contribution in [0.1, 0.15) is 61.6 Å². The Labute approximate surface area is 166 Å². The number of pyridine rings is 1. The molecule has 0 saturated heterocycles. The number of hydrogen-bond donors (Lipinski definition) is 2. The standard InChI is InChI=1S/C23H29N5/c24-17-8-4-9-18(14-17)28(15-22-26-19-10-1-2-11-20(19)27-22)21-12-3-6-16-7-5-13-25-23(16)21/h1-2,5,7,10-11,13,17-18,21H,3-4,6,8-9,12,14-15,24H2,(H,26,27). The van der Waals surface area contributed by atoms with Gasteiger partial charge in [0.1, 0.15) is 5.82 Å². The highest BCUT2D eigenvalue weighted by Crippen LogP contribution is 2.37. The zero-order valence-electron chi connectivity index (χ0n) is 16.3. The first-order chi connectivity index (χ1) is 13.8. The lowest BCUT2D eigenvalue weighted by Gasteiger charge is -2.42. The van der Waals surface area contributed by atoms with E-state index < -0.39 is 0 Å². The molecule has 2 aliphatic rings. The zero-order chi connectivity index (χ0) is 18.9. The van der Waals surface area contributed by atoms with Crippen LogP contribution in [0.25, 0.3) is 11.0 Å². The predicted molar refractivity (Wildman–Crippen MR) is 112 cm³/mol. The molecule has 3 atom stereocenters. The quantitative estimate of drug-likeness (QED) is 0.720. The molecule has 5 nitrogen and oxygen atoms in total. The average molecular weight is 376 g/mol. The van der Waals surface area contributed by atoms with E-state index in [1.807, 2.05) is 12.3 Å². The number of benzene rings is 1. The highest BCUT2D eigenvalue weighted by Gasteiger charge is 2.34. The van der Waals surface area contributed by atoms with E-state index in [2.05, 4.69) is 40.2 Å². The number of rotatable bonds is 4. The molecule has 0 aliphatic heterocycles. The Morgan fingerprint density at radius 1 is 1.07 bits per heavy atom. The Hall–Kier alpha value is -2.24. The lowest BCUT2D eigenvalue weighted by atomic mass is 9.85. The van der Waals surface area contributed by atoms with Crippen LogP contribution in [0.5, 0.6) is 0 Å². The summed E-state index contributed by atoms with van der Waals surface area (Å²) in [5.41, 5.74) is 11.2. The van der Waals surface area contributed by atoms with Crippen LogP contribution in [0, 0.1) is 0 Å². The van der Waals surface area contributed by atoms with Gasteiger partial charge in [0, 0.05) is 18.3 Å². The summed E-state index contributed by atoms with van der Waals surface area (Å²) in [4.78, 5) is 15.9. The van der Waals surface area contributed by atoms with E-state index in [9.17, 15) is 0 Å². The number of nitrogens with zero attached hydrogens (tertiary/aromatic N) is 3. The summed E-state index contributed by atoms with van der Waals surface area (Å²) in [5.74, 6) is 1.04. The smallest absolute Gasteiger partial charge is 0.121 e. The van der Waals surface area contributed by atoms with E-state index in [-0.39, 0.29) is 0 Å². The minimum Gasteiger partial charge on any atom is -0.341 e. The minimum atomic E-state index is 0.309. The molecular formula is C23H29N5. The molecule has 1 fully saturated rings. The molecule has 1 aromatic carbocycles. The van der Waals surface area contributed by atoms with Crippen molar-refractivity contribution in [1.82, 2.24) is 19.9 Å². The molecule has 0 radical (unpaired) electrons. The first-order valence-electron chi connectivity index (χ1n) is 10.7. The van der Waals surface area contributed by atoms with E-state index in [0.29, 0.717) is 18.1 Å². The van der Waals surface area contributed by atoms with Crippen LogP contribution in [0.2, 0.25) is 0 Å². The monoisotopic (exact) mass is 375 g/mol. The molecule has 0 bridgehead atoms. The first-order valence-corrected chi connectivity index (χ1v) is 10.7. The van der Waals surface area contributed by atoms with Gasteiger partial charge in [0.15, 0.2) is 0 Å². The van der Waals surface area contributed by atoms with Crippen molar-refractivity contribution in [2.45, 2.75) is 69.6 Å². The van der Waals surface area contributed by atoms with E-state index in [1.54, 1.807) is 0 Å². The minimum absolute atomic E-state index is 0.309. The number of aromatic amines is 1. The molecular weight excluding hydrogens is 346 g/mol. The van der Waals surface area contributed by atoms with Gasteiger partial charge in [-0.3, -0.25) is 9.88 Å². The van der Waals surface area contributed by atoms with Gasteiger partial charge in [0.05, 0.1) is 29.3 Å². The highest BCUT2D eigenvalue weighted by atomic mass is 15.2. The van der Waals surface area contributed by atoms with Gasteiger partial charge in [-0.1, -0.05) is 24.6 Å². The topological polar surface area (TPSA) is 70.8 Å². The Morgan fingerprint density at radius 2 is 2.00 bits per heavy atom. The summed E-state index contributed by atoms with van der Waals surface area (Å²) in [6.45, 7) is 0.826. The lowest BCUT2D eigenvalue weighted by molar-refractivity contribution is 0.0745. The fourth-order valence-electron chi connectivity index (χ4n) is 5.16. The average Bonchev–Trinajstić information content (AvgIpc) is 3.14. The molecule has 2 heterocycles. The lowest BCUT2D eigenvalue weighted by Crippen LogP contribution is -2.45. The highest BCUT2D eigenvalue weighted by molar-refractivity contribution is 5.74. The zero-order valence-corrected chi connectivity index (χ0v) is 16.3. The van der Waals surface area contributed by atoms with Gasteiger partial charge < -0.3 is 10.7 Å². The van der Waals surface area contributed by atoms with Crippen molar-refractivity contribution >= 4 is 11.0 Å². The first kappa shape index (κ1) is 17.8. The molecule has 0 amide bonds. The maximum Gasteiger partial charge on any atom is 0.121 e. The van der Waals surface area contributed by atoms with Crippen molar-refractivity contribution in [2.75, 3.05) is 0 Å². The van der Waals surface area contributed by atoms with Crippen LogP contribution >= 0.6 is 0 Å². The Bertz CT molecular complexity index is 916. The number of para-hydroxylation sites is 2. The number of imidazole rings is 1. The van der Waals surface area contributed by atoms with Gasteiger partial charge in [-0.2, -0.15) is 0 Å². The van der Waals surface area contributed by atoms with Crippen LogP contribution in [0.15, 0.2) is 42.6 Å². The molecule has 2 aromatic heterocycles. The summed E-state index contributed by atoms with van der Waals surface area (Å²) in [5, 5.41) is 0. The number of H-pyrrole nitrogens is 1. The maximum absolute atomic E-state index is 6.38.